The van der Waals surface area contributed by atoms with Gasteiger partial charge in [-0.15, -0.1) is 11.3 Å². The van der Waals surface area contributed by atoms with Gasteiger partial charge in [0.2, 0.25) is 5.88 Å². The lowest BCUT2D eigenvalue weighted by molar-refractivity contribution is 0.398. The molecule has 130 valence electrons. The number of hydrogen-bond acceptors (Lipinski definition) is 6. The average Bonchev–Trinajstić information content (AvgIpc) is 3.12. The van der Waals surface area contributed by atoms with Crippen molar-refractivity contribution in [2.75, 3.05) is 18.7 Å². The highest BCUT2D eigenvalue weighted by molar-refractivity contribution is 7.90. The second-order valence-electron chi connectivity index (χ2n) is 5.51. The number of hydrogen-bond donors (Lipinski definition) is 1. The molecule has 2 heterocycles. The van der Waals surface area contributed by atoms with Crippen molar-refractivity contribution in [3.63, 3.8) is 0 Å². The molecule has 2 aromatic heterocycles. The van der Waals surface area contributed by atoms with Gasteiger partial charge in [0.05, 0.1) is 17.7 Å². The molecule has 0 aliphatic carbocycles. The lowest BCUT2D eigenvalue weighted by Crippen LogP contribution is -2.00. The zero-order chi connectivity index (χ0) is 17.9. The number of thiophene rings is 1. The number of rotatable bonds is 6. The predicted molar refractivity (Wildman–Crippen MR) is 101 cm³/mol. The van der Waals surface area contributed by atoms with Crippen LogP contribution in [0.25, 0.3) is 11.3 Å². The first-order chi connectivity index (χ1) is 12.0. The first kappa shape index (κ1) is 17.4. The van der Waals surface area contributed by atoms with E-state index < -0.39 is 9.84 Å². The third-order valence-corrected chi connectivity index (χ3v) is 5.64. The van der Waals surface area contributed by atoms with Crippen molar-refractivity contribution in [2.24, 2.45) is 0 Å². The summed E-state index contributed by atoms with van der Waals surface area (Å²) in [5, 5.41) is 5.40. The van der Waals surface area contributed by atoms with Crippen LogP contribution in [-0.4, -0.2) is 26.8 Å². The largest absolute Gasteiger partial charge is 0.481 e. The van der Waals surface area contributed by atoms with Crippen molar-refractivity contribution in [1.82, 2.24) is 4.98 Å². The van der Waals surface area contributed by atoms with E-state index in [4.69, 9.17) is 4.74 Å². The zero-order valence-corrected chi connectivity index (χ0v) is 15.5. The lowest BCUT2D eigenvalue weighted by Gasteiger charge is -2.10. The number of sulfone groups is 1. The summed E-state index contributed by atoms with van der Waals surface area (Å²) in [6.45, 7) is 0.720. The van der Waals surface area contributed by atoms with Gasteiger partial charge in [0, 0.05) is 35.0 Å². The Morgan fingerprint density at radius 1 is 1.16 bits per heavy atom. The minimum atomic E-state index is -3.21. The Kier molecular flexibility index (Phi) is 5.06. The number of methoxy groups -OCH3 is 1. The van der Waals surface area contributed by atoms with Gasteiger partial charge in [-0.25, -0.2) is 13.4 Å². The number of benzene rings is 1. The molecule has 0 amide bonds. The van der Waals surface area contributed by atoms with Gasteiger partial charge in [0.1, 0.15) is 0 Å². The van der Waals surface area contributed by atoms with Gasteiger partial charge in [-0.2, -0.15) is 0 Å². The SMILES string of the molecule is COc1cc(NCc2cccs2)cc(-c2ccc(S(C)(=O)=O)cc2)n1. The molecule has 3 rings (SSSR count). The zero-order valence-electron chi connectivity index (χ0n) is 13.9. The van der Waals surface area contributed by atoms with E-state index in [1.54, 1.807) is 42.7 Å². The third-order valence-electron chi connectivity index (χ3n) is 3.64. The summed E-state index contributed by atoms with van der Waals surface area (Å²) < 4.78 is 28.5. The fourth-order valence-corrected chi connectivity index (χ4v) is 3.61. The third kappa shape index (κ3) is 4.37. The average molecular weight is 374 g/mol. The number of nitrogens with zero attached hydrogens (tertiary/aromatic N) is 1. The summed E-state index contributed by atoms with van der Waals surface area (Å²) in [5.74, 6) is 0.498. The molecule has 0 saturated heterocycles. The van der Waals surface area contributed by atoms with Crippen LogP contribution < -0.4 is 10.1 Å². The van der Waals surface area contributed by atoms with Crippen molar-refractivity contribution in [3.05, 3.63) is 58.8 Å². The van der Waals surface area contributed by atoms with Gasteiger partial charge in [-0.05, 0) is 29.6 Å². The van der Waals surface area contributed by atoms with Crippen LogP contribution >= 0.6 is 11.3 Å². The van der Waals surface area contributed by atoms with Crippen LogP contribution in [0.5, 0.6) is 5.88 Å². The first-order valence-corrected chi connectivity index (χ1v) is 10.4. The van der Waals surface area contributed by atoms with E-state index in [2.05, 4.69) is 16.4 Å². The monoisotopic (exact) mass is 374 g/mol. The molecular formula is C18H18N2O3S2. The predicted octanol–water partition coefficient (Wildman–Crippen LogP) is 3.83. The standard InChI is InChI=1S/C18H18N2O3S2/c1-23-18-11-14(19-12-15-4-3-9-24-15)10-17(20-18)13-5-7-16(8-6-13)25(2,21)22/h3-11H,12H2,1-2H3,(H,19,20). The van der Waals surface area contributed by atoms with Gasteiger partial charge in [-0.3, -0.25) is 0 Å². The molecular weight excluding hydrogens is 356 g/mol. The van der Waals surface area contributed by atoms with E-state index in [-0.39, 0.29) is 4.90 Å². The van der Waals surface area contributed by atoms with Crippen LogP contribution in [0.3, 0.4) is 0 Å². The Morgan fingerprint density at radius 2 is 1.92 bits per heavy atom. The molecule has 25 heavy (non-hydrogen) atoms. The normalized spacial score (nSPS) is 11.3. The van der Waals surface area contributed by atoms with Crippen molar-refractivity contribution in [1.29, 1.82) is 0 Å². The molecule has 0 fully saturated rings. The maximum atomic E-state index is 11.6. The number of anilines is 1. The fourth-order valence-electron chi connectivity index (χ4n) is 2.33. The van der Waals surface area contributed by atoms with E-state index in [1.807, 2.05) is 23.6 Å². The van der Waals surface area contributed by atoms with Crippen molar-refractivity contribution in [2.45, 2.75) is 11.4 Å². The summed E-state index contributed by atoms with van der Waals surface area (Å²) >= 11 is 1.69. The van der Waals surface area contributed by atoms with E-state index in [0.29, 0.717) is 11.6 Å². The van der Waals surface area contributed by atoms with E-state index in [0.717, 1.165) is 17.8 Å². The second-order valence-corrected chi connectivity index (χ2v) is 8.56. The van der Waals surface area contributed by atoms with Gasteiger partial charge >= 0.3 is 0 Å². The molecule has 1 aromatic carbocycles. The van der Waals surface area contributed by atoms with Crippen LogP contribution in [0, 0.1) is 0 Å². The lowest BCUT2D eigenvalue weighted by atomic mass is 10.1. The molecule has 7 heteroatoms. The highest BCUT2D eigenvalue weighted by Gasteiger charge is 2.09. The maximum Gasteiger partial charge on any atom is 0.215 e. The summed E-state index contributed by atoms with van der Waals surface area (Å²) in [4.78, 5) is 5.97. The fraction of sp³-hybridized carbons (Fsp3) is 0.167. The highest BCUT2D eigenvalue weighted by atomic mass is 32.2. The Morgan fingerprint density at radius 3 is 2.52 bits per heavy atom. The Bertz CT molecular complexity index is 950. The van der Waals surface area contributed by atoms with E-state index >= 15 is 0 Å². The topological polar surface area (TPSA) is 68.3 Å². The van der Waals surface area contributed by atoms with Crippen LogP contribution in [0.2, 0.25) is 0 Å². The Hall–Kier alpha value is -2.38. The molecule has 0 saturated carbocycles. The number of ether oxygens (including phenoxy) is 1. The van der Waals surface area contributed by atoms with Crippen LogP contribution in [0.1, 0.15) is 4.88 Å². The van der Waals surface area contributed by atoms with Crippen molar-refractivity contribution in [3.8, 4) is 17.1 Å². The molecule has 0 atom stereocenters. The molecule has 0 unspecified atom stereocenters. The van der Waals surface area contributed by atoms with Gasteiger partial charge in [0.25, 0.3) is 0 Å². The summed E-state index contributed by atoms with van der Waals surface area (Å²) in [5.41, 5.74) is 2.43. The molecule has 0 radical (unpaired) electrons. The second kappa shape index (κ2) is 7.25. The minimum absolute atomic E-state index is 0.287. The Balaban J connectivity index is 1.88. The summed E-state index contributed by atoms with van der Waals surface area (Å²) in [6, 6.07) is 14.5. The van der Waals surface area contributed by atoms with Gasteiger partial charge in [0.15, 0.2) is 9.84 Å². The Labute approximate surface area is 151 Å². The number of aromatic nitrogens is 1. The van der Waals surface area contributed by atoms with E-state index in [1.165, 1.54) is 11.1 Å². The van der Waals surface area contributed by atoms with Gasteiger partial charge in [-0.1, -0.05) is 18.2 Å². The molecule has 0 aliphatic rings. The van der Waals surface area contributed by atoms with E-state index in [9.17, 15) is 8.42 Å². The molecule has 5 nitrogen and oxygen atoms in total. The summed E-state index contributed by atoms with van der Waals surface area (Å²) in [6.07, 6.45) is 1.19. The van der Waals surface area contributed by atoms with Crippen LogP contribution in [-0.2, 0) is 16.4 Å². The molecule has 0 aliphatic heterocycles. The highest BCUT2D eigenvalue weighted by Crippen LogP contribution is 2.26. The van der Waals surface area contributed by atoms with Gasteiger partial charge < -0.3 is 10.1 Å². The van der Waals surface area contributed by atoms with Crippen molar-refractivity contribution >= 4 is 26.9 Å². The van der Waals surface area contributed by atoms with Crippen molar-refractivity contribution < 1.29 is 13.2 Å². The number of pyridine rings is 1. The maximum absolute atomic E-state index is 11.6. The smallest absolute Gasteiger partial charge is 0.215 e. The quantitative estimate of drug-likeness (QED) is 0.710. The molecule has 1 N–H and O–H groups in total. The molecule has 3 aromatic rings. The van der Waals surface area contributed by atoms with Crippen LogP contribution in [0.15, 0.2) is 58.8 Å². The first-order valence-electron chi connectivity index (χ1n) is 7.58. The molecule has 0 spiro atoms. The van der Waals surface area contributed by atoms with Crippen LogP contribution in [0.4, 0.5) is 5.69 Å². The minimum Gasteiger partial charge on any atom is -0.481 e. The summed E-state index contributed by atoms with van der Waals surface area (Å²) in [7, 11) is -1.64. The molecule has 0 bridgehead atoms. The number of nitrogens with one attached hydrogen (secondary N) is 1.